The Bertz CT molecular complexity index is 134. The van der Waals surface area contributed by atoms with E-state index >= 15 is 0 Å². The number of carbonyl (C=O) groups excluding carboxylic acids is 1. The Morgan fingerprint density at radius 2 is 1.29 bits per heavy atom. The average molecular weight is 219 g/mol. The van der Waals surface area contributed by atoms with Gasteiger partial charge in [0.15, 0.2) is 0 Å². The molecule has 0 radical (unpaired) electrons. The van der Waals surface area contributed by atoms with Crippen molar-refractivity contribution in [2.75, 3.05) is 5.88 Å². The second-order valence-electron chi connectivity index (χ2n) is 3.97. The van der Waals surface area contributed by atoms with Gasteiger partial charge >= 0.3 is 0 Å². The third kappa shape index (κ3) is 12.0. The van der Waals surface area contributed by atoms with Crippen LogP contribution in [0.5, 0.6) is 0 Å². The van der Waals surface area contributed by atoms with Crippen molar-refractivity contribution >= 4 is 17.4 Å². The highest BCUT2D eigenvalue weighted by Gasteiger charge is 1.94. The quantitative estimate of drug-likeness (QED) is 0.394. The molecular weight excluding hydrogens is 196 g/mol. The second-order valence-corrected chi connectivity index (χ2v) is 4.35. The highest BCUT2D eigenvalue weighted by atomic mass is 35.5. The Morgan fingerprint density at radius 3 is 1.71 bits per heavy atom. The fourth-order valence-electron chi connectivity index (χ4n) is 1.53. The van der Waals surface area contributed by atoms with Crippen molar-refractivity contribution in [1.29, 1.82) is 0 Å². The van der Waals surface area contributed by atoms with E-state index in [0.717, 1.165) is 25.1 Å². The van der Waals surface area contributed by atoms with E-state index in [2.05, 4.69) is 0 Å². The topological polar surface area (TPSA) is 17.1 Å². The normalized spacial score (nSPS) is 10.4. The summed E-state index contributed by atoms with van der Waals surface area (Å²) in [6.07, 6.45) is 10.8. The van der Waals surface area contributed by atoms with Crippen LogP contribution in [-0.2, 0) is 4.79 Å². The maximum absolute atomic E-state index is 10.6. The zero-order valence-corrected chi connectivity index (χ0v) is 10.1. The number of rotatable bonds is 10. The van der Waals surface area contributed by atoms with Gasteiger partial charge < -0.3 is 4.79 Å². The number of ketones is 1. The molecule has 0 aromatic heterocycles. The molecule has 0 heterocycles. The van der Waals surface area contributed by atoms with E-state index < -0.39 is 0 Å². The predicted molar refractivity (Wildman–Crippen MR) is 63.0 cm³/mol. The SMILES string of the molecule is CC(=O)CCCCCCCCCCCl. The molecule has 84 valence electrons. The summed E-state index contributed by atoms with van der Waals surface area (Å²) in [6, 6.07) is 0. The van der Waals surface area contributed by atoms with Gasteiger partial charge in [0.2, 0.25) is 0 Å². The lowest BCUT2D eigenvalue weighted by molar-refractivity contribution is -0.117. The first kappa shape index (κ1) is 14.0. The van der Waals surface area contributed by atoms with Gasteiger partial charge in [-0.3, -0.25) is 0 Å². The summed E-state index contributed by atoms with van der Waals surface area (Å²) in [7, 11) is 0. The van der Waals surface area contributed by atoms with Gasteiger partial charge in [0.1, 0.15) is 5.78 Å². The van der Waals surface area contributed by atoms with Crippen molar-refractivity contribution in [3.05, 3.63) is 0 Å². The third-order valence-corrected chi connectivity index (χ3v) is 2.68. The molecule has 0 aliphatic heterocycles. The second kappa shape index (κ2) is 11.0. The molecule has 1 nitrogen and oxygen atoms in total. The van der Waals surface area contributed by atoms with Crippen LogP contribution in [0.4, 0.5) is 0 Å². The van der Waals surface area contributed by atoms with E-state index in [0.29, 0.717) is 5.78 Å². The Morgan fingerprint density at radius 1 is 0.857 bits per heavy atom. The number of alkyl halides is 1. The molecule has 0 aromatic rings. The first-order valence-electron chi connectivity index (χ1n) is 5.82. The number of carbonyl (C=O) groups is 1. The molecule has 14 heavy (non-hydrogen) atoms. The van der Waals surface area contributed by atoms with E-state index in [4.69, 9.17) is 11.6 Å². The summed E-state index contributed by atoms with van der Waals surface area (Å²) in [5.74, 6) is 1.13. The molecule has 0 bridgehead atoms. The molecule has 0 aliphatic rings. The summed E-state index contributed by atoms with van der Waals surface area (Å²) in [6.45, 7) is 1.67. The fourth-order valence-corrected chi connectivity index (χ4v) is 1.72. The highest BCUT2D eigenvalue weighted by molar-refractivity contribution is 6.17. The third-order valence-electron chi connectivity index (χ3n) is 2.41. The van der Waals surface area contributed by atoms with Crippen LogP contribution >= 0.6 is 11.6 Å². The van der Waals surface area contributed by atoms with Crippen molar-refractivity contribution < 1.29 is 4.79 Å². The Kier molecular flexibility index (Phi) is 11.0. The van der Waals surface area contributed by atoms with Gasteiger partial charge in [-0.15, -0.1) is 11.6 Å². The lowest BCUT2D eigenvalue weighted by Gasteiger charge is -2.00. The minimum atomic E-state index is 0.326. The van der Waals surface area contributed by atoms with Gasteiger partial charge in [-0.1, -0.05) is 38.5 Å². The number of hydrogen-bond donors (Lipinski definition) is 0. The van der Waals surface area contributed by atoms with E-state index in [1.807, 2.05) is 0 Å². The molecule has 0 atom stereocenters. The Labute approximate surface area is 93.2 Å². The maximum atomic E-state index is 10.6. The lowest BCUT2D eigenvalue weighted by atomic mass is 10.1. The minimum Gasteiger partial charge on any atom is -0.300 e. The van der Waals surface area contributed by atoms with Crippen molar-refractivity contribution in [1.82, 2.24) is 0 Å². The molecule has 2 heteroatoms. The predicted octanol–water partition coefficient (Wildman–Crippen LogP) is 4.33. The first-order chi connectivity index (χ1) is 6.77. The molecule has 0 fully saturated rings. The van der Waals surface area contributed by atoms with E-state index in [1.54, 1.807) is 6.92 Å². The smallest absolute Gasteiger partial charge is 0.129 e. The van der Waals surface area contributed by atoms with Crippen molar-refractivity contribution in [3.8, 4) is 0 Å². The summed E-state index contributed by atoms with van der Waals surface area (Å²) < 4.78 is 0. The Hall–Kier alpha value is -0.0400. The molecule has 0 unspecified atom stereocenters. The molecule has 0 aromatic carbocycles. The molecule has 0 saturated carbocycles. The average Bonchev–Trinajstić information content (AvgIpc) is 2.15. The molecular formula is C12H23ClO. The van der Waals surface area contributed by atoms with Crippen molar-refractivity contribution in [2.24, 2.45) is 0 Å². The van der Waals surface area contributed by atoms with Gasteiger partial charge in [0, 0.05) is 12.3 Å². The van der Waals surface area contributed by atoms with Gasteiger partial charge in [0.05, 0.1) is 0 Å². The molecule has 0 spiro atoms. The number of halogens is 1. The van der Waals surface area contributed by atoms with Crippen LogP contribution < -0.4 is 0 Å². The van der Waals surface area contributed by atoms with Crippen molar-refractivity contribution in [3.63, 3.8) is 0 Å². The zero-order valence-electron chi connectivity index (χ0n) is 9.36. The number of Topliss-reactive ketones (excluding diaryl/α,β-unsaturated/α-hetero) is 1. The van der Waals surface area contributed by atoms with Gasteiger partial charge in [-0.2, -0.15) is 0 Å². The van der Waals surface area contributed by atoms with Gasteiger partial charge in [0.25, 0.3) is 0 Å². The van der Waals surface area contributed by atoms with Crippen molar-refractivity contribution in [2.45, 2.75) is 64.7 Å². The van der Waals surface area contributed by atoms with Gasteiger partial charge in [-0.05, 0) is 19.8 Å². The van der Waals surface area contributed by atoms with E-state index in [1.165, 1.54) is 38.5 Å². The van der Waals surface area contributed by atoms with Crippen LogP contribution in [0.25, 0.3) is 0 Å². The summed E-state index contributed by atoms with van der Waals surface area (Å²) in [5.41, 5.74) is 0. The summed E-state index contributed by atoms with van der Waals surface area (Å²) >= 11 is 5.58. The Balaban J connectivity index is 2.88. The maximum Gasteiger partial charge on any atom is 0.129 e. The summed E-state index contributed by atoms with van der Waals surface area (Å²) in [4.78, 5) is 10.6. The number of hydrogen-bond acceptors (Lipinski definition) is 1. The van der Waals surface area contributed by atoms with Crippen LogP contribution in [0.1, 0.15) is 64.7 Å². The minimum absolute atomic E-state index is 0.326. The summed E-state index contributed by atoms with van der Waals surface area (Å²) in [5, 5.41) is 0. The van der Waals surface area contributed by atoms with E-state index in [9.17, 15) is 4.79 Å². The largest absolute Gasteiger partial charge is 0.300 e. The van der Waals surface area contributed by atoms with Crippen LogP contribution in [0.3, 0.4) is 0 Å². The zero-order chi connectivity index (χ0) is 10.6. The van der Waals surface area contributed by atoms with Crippen LogP contribution in [0.2, 0.25) is 0 Å². The molecule has 0 amide bonds. The standard InChI is InChI=1S/C12H23ClO/c1-12(14)10-8-6-4-2-3-5-7-9-11-13/h2-11H2,1H3. The molecule has 0 saturated heterocycles. The monoisotopic (exact) mass is 218 g/mol. The molecule has 0 rings (SSSR count). The fraction of sp³-hybridized carbons (Fsp3) is 0.917. The first-order valence-corrected chi connectivity index (χ1v) is 6.36. The highest BCUT2D eigenvalue weighted by Crippen LogP contribution is 2.09. The van der Waals surface area contributed by atoms with Crippen LogP contribution in [0, 0.1) is 0 Å². The lowest BCUT2D eigenvalue weighted by Crippen LogP contribution is -1.89. The molecule has 0 N–H and O–H groups in total. The van der Waals surface area contributed by atoms with Crippen LogP contribution in [-0.4, -0.2) is 11.7 Å². The molecule has 0 aliphatic carbocycles. The van der Waals surface area contributed by atoms with Gasteiger partial charge in [-0.25, -0.2) is 0 Å². The number of unbranched alkanes of at least 4 members (excludes halogenated alkanes) is 7. The van der Waals surface area contributed by atoms with E-state index in [-0.39, 0.29) is 0 Å². The van der Waals surface area contributed by atoms with Crippen LogP contribution in [0.15, 0.2) is 0 Å².